The molecule has 4 heteroatoms. The molecule has 3 rings (SSSR count). The number of phenols is 1. The second-order valence-electron chi connectivity index (χ2n) is 4.21. The van der Waals surface area contributed by atoms with Crippen LogP contribution in [-0.2, 0) is 0 Å². The summed E-state index contributed by atoms with van der Waals surface area (Å²) >= 11 is 1.61. The minimum atomic E-state index is 0.229. The van der Waals surface area contributed by atoms with Crippen LogP contribution in [0.3, 0.4) is 0 Å². The van der Waals surface area contributed by atoms with Crippen LogP contribution < -0.4 is 0 Å². The van der Waals surface area contributed by atoms with Crippen LogP contribution in [0.25, 0.3) is 10.4 Å². The molecule has 0 aliphatic heterocycles. The third-order valence-corrected chi connectivity index (χ3v) is 3.70. The van der Waals surface area contributed by atoms with E-state index in [4.69, 9.17) is 0 Å². The van der Waals surface area contributed by atoms with Crippen LogP contribution in [0.15, 0.2) is 76.3 Å². The lowest BCUT2D eigenvalue weighted by Gasteiger charge is -2.03. The van der Waals surface area contributed by atoms with Gasteiger partial charge in [0.15, 0.2) is 0 Å². The molecule has 0 unspecified atom stereocenters. The van der Waals surface area contributed by atoms with E-state index in [9.17, 15) is 5.11 Å². The number of aromatic hydroxyl groups is 1. The largest absolute Gasteiger partial charge is 0.508 e. The lowest BCUT2D eigenvalue weighted by Crippen LogP contribution is -1.75. The van der Waals surface area contributed by atoms with E-state index in [0.717, 1.165) is 21.8 Å². The molecule has 3 nitrogen and oxygen atoms in total. The molecule has 0 fully saturated rings. The van der Waals surface area contributed by atoms with Crippen LogP contribution in [0.5, 0.6) is 5.75 Å². The van der Waals surface area contributed by atoms with Crippen LogP contribution in [0, 0.1) is 0 Å². The van der Waals surface area contributed by atoms with Gasteiger partial charge in [-0.1, -0.05) is 24.3 Å². The molecule has 1 N–H and O–H groups in total. The molecule has 0 atom stereocenters. The number of hydrogen-bond acceptors (Lipinski definition) is 4. The van der Waals surface area contributed by atoms with Crippen LogP contribution >= 0.6 is 11.3 Å². The average Bonchev–Trinajstić information content (AvgIpc) is 3.01. The monoisotopic (exact) mass is 280 g/mol. The lowest BCUT2D eigenvalue weighted by atomic mass is 10.1. The topological polar surface area (TPSA) is 45.0 Å². The summed E-state index contributed by atoms with van der Waals surface area (Å²) in [6.45, 7) is 0. The summed E-state index contributed by atoms with van der Waals surface area (Å²) in [5.41, 5.74) is 2.44. The van der Waals surface area contributed by atoms with Crippen LogP contribution in [0.4, 0.5) is 11.4 Å². The summed E-state index contributed by atoms with van der Waals surface area (Å²) in [7, 11) is 0. The van der Waals surface area contributed by atoms with E-state index in [1.165, 1.54) is 0 Å². The quantitative estimate of drug-likeness (QED) is 0.629. The third kappa shape index (κ3) is 2.75. The highest BCUT2D eigenvalue weighted by molar-refractivity contribution is 7.13. The number of thiophene rings is 1. The van der Waals surface area contributed by atoms with Crippen molar-refractivity contribution in [2.24, 2.45) is 10.2 Å². The maximum Gasteiger partial charge on any atom is 0.116 e. The van der Waals surface area contributed by atoms with Crippen molar-refractivity contribution in [3.8, 4) is 16.2 Å². The van der Waals surface area contributed by atoms with Gasteiger partial charge in [-0.3, -0.25) is 0 Å². The Bertz CT molecular complexity index is 721. The van der Waals surface area contributed by atoms with E-state index in [0.29, 0.717) is 0 Å². The van der Waals surface area contributed by atoms with Crippen molar-refractivity contribution in [3.05, 3.63) is 66.0 Å². The zero-order chi connectivity index (χ0) is 13.8. The zero-order valence-electron chi connectivity index (χ0n) is 10.6. The summed E-state index contributed by atoms with van der Waals surface area (Å²) in [6, 6.07) is 18.7. The molecule has 0 saturated carbocycles. The van der Waals surface area contributed by atoms with E-state index in [2.05, 4.69) is 10.2 Å². The molecule has 0 amide bonds. The molecule has 1 heterocycles. The standard InChI is InChI=1S/C16H12N2OS/c19-13-8-9-15(14(11-13)16-7-4-10-20-16)18-17-12-5-2-1-3-6-12/h1-11,19H. The van der Waals surface area contributed by atoms with E-state index in [1.54, 1.807) is 29.5 Å². The molecule has 1 aromatic heterocycles. The number of azo groups is 1. The fourth-order valence-electron chi connectivity index (χ4n) is 1.85. The highest BCUT2D eigenvalue weighted by Crippen LogP contribution is 2.36. The molecular weight excluding hydrogens is 268 g/mol. The molecule has 0 aliphatic carbocycles. The summed E-state index contributed by atoms with van der Waals surface area (Å²) < 4.78 is 0. The molecule has 0 aliphatic rings. The second kappa shape index (κ2) is 5.67. The summed E-state index contributed by atoms with van der Waals surface area (Å²) in [5.74, 6) is 0.229. The molecule has 0 spiro atoms. The van der Waals surface area contributed by atoms with Gasteiger partial charge in [-0.05, 0) is 41.8 Å². The first-order valence-corrected chi connectivity index (χ1v) is 7.04. The number of phenolic OH excluding ortho intramolecular Hbond substituents is 1. The first-order chi connectivity index (χ1) is 9.83. The average molecular weight is 280 g/mol. The van der Waals surface area contributed by atoms with Gasteiger partial charge in [-0.25, -0.2) is 0 Å². The SMILES string of the molecule is Oc1ccc(N=Nc2ccccc2)c(-c2cccs2)c1. The van der Waals surface area contributed by atoms with Crippen molar-refractivity contribution in [3.63, 3.8) is 0 Å². The van der Waals surface area contributed by atoms with E-state index >= 15 is 0 Å². The Balaban J connectivity index is 2.00. The van der Waals surface area contributed by atoms with Gasteiger partial charge >= 0.3 is 0 Å². The number of benzene rings is 2. The van der Waals surface area contributed by atoms with E-state index in [1.807, 2.05) is 47.8 Å². The Morgan fingerprint density at radius 2 is 1.70 bits per heavy atom. The Kier molecular flexibility index (Phi) is 3.56. The third-order valence-electron chi connectivity index (χ3n) is 2.80. The second-order valence-corrected chi connectivity index (χ2v) is 5.16. The molecule has 0 radical (unpaired) electrons. The van der Waals surface area contributed by atoms with Gasteiger partial charge < -0.3 is 5.11 Å². The Labute approximate surface area is 120 Å². The van der Waals surface area contributed by atoms with E-state index in [-0.39, 0.29) is 5.75 Å². The minimum absolute atomic E-state index is 0.229. The van der Waals surface area contributed by atoms with E-state index < -0.39 is 0 Å². The Morgan fingerprint density at radius 3 is 2.45 bits per heavy atom. The van der Waals surface area contributed by atoms with Gasteiger partial charge in [-0.15, -0.1) is 16.5 Å². The number of rotatable bonds is 3. The summed E-state index contributed by atoms with van der Waals surface area (Å²) in [4.78, 5) is 1.06. The molecule has 20 heavy (non-hydrogen) atoms. The normalized spacial score (nSPS) is 11.0. The van der Waals surface area contributed by atoms with Gasteiger partial charge in [-0.2, -0.15) is 5.11 Å². The predicted octanol–water partition coefficient (Wildman–Crippen LogP) is 5.54. The van der Waals surface area contributed by atoms with Crippen LogP contribution in [-0.4, -0.2) is 5.11 Å². The van der Waals surface area contributed by atoms with Crippen molar-refractivity contribution in [2.75, 3.05) is 0 Å². The molecule has 0 bridgehead atoms. The highest BCUT2D eigenvalue weighted by atomic mass is 32.1. The first-order valence-electron chi connectivity index (χ1n) is 6.16. The van der Waals surface area contributed by atoms with Crippen molar-refractivity contribution in [1.29, 1.82) is 0 Å². The van der Waals surface area contributed by atoms with Crippen LogP contribution in [0.1, 0.15) is 0 Å². The van der Waals surface area contributed by atoms with Crippen molar-refractivity contribution in [1.82, 2.24) is 0 Å². The van der Waals surface area contributed by atoms with Gasteiger partial charge in [0.2, 0.25) is 0 Å². The summed E-state index contributed by atoms with van der Waals surface area (Å²) in [6.07, 6.45) is 0. The maximum atomic E-state index is 9.65. The summed E-state index contributed by atoms with van der Waals surface area (Å²) in [5, 5.41) is 20.2. The lowest BCUT2D eigenvalue weighted by molar-refractivity contribution is 0.475. The maximum absolute atomic E-state index is 9.65. The first kappa shape index (κ1) is 12.6. The van der Waals surface area contributed by atoms with Gasteiger partial charge in [0.1, 0.15) is 5.75 Å². The smallest absolute Gasteiger partial charge is 0.116 e. The fourth-order valence-corrected chi connectivity index (χ4v) is 2.60. The van der Waals surface area contributed by atoms with Crippen molar-refractivity contribution in [2.45, 2.75) is 0 Å². The minimum Gasteiger partial charge on any atom is -0.508 e. The zero-order valence-corrected chi connectivity index (χ0v) is 11.4. The van der Waals surface area contributed by atoms with Gasteiger partial charge in [0, 0.05) is 10.4 Å². The molecule has 0 saturated heterocycles. The number of hydrogen-bond donors (Lipinski definition) is 1. The van der Waals surface area contributed by atoms with Crippen molar-refractivity contribution < 1.29 is 5.11 Å². The van der Waals surface area contributed by atoms with Crippen LogP contribution in [0.2, 0.25) is 0 Å². The van der Waals surface area contributed by atoms with Crippen molar-refractivity contribution >= 4 is 22.7 Å². The fraction of sp³-hybridized carbons (Fsp3) is 0. The predicted molar refractivity (Wildman–Crippen MR) is 82.0 cm³/mol. The van der Waals surface area contributed by atoms with Gasteiger partial charge in [0.05, 0.1) is 11.4 Å². The molecule has 2 aromatic carbocycles. The molecule has 98 valence electrons. The molecular formula is C16H12N2OS. The van der Waals surface area contributed by atoms with Gasteiger partial charge in [0.25, 0.3) is 0 Å². The highest BCUT2D eigenvalue weighted by Gasteiger charge is 2.07. The molecule has 3 aromatic rings. The number of nitrogens with zero attached hydrogens (tertiary/aromatic N) is 2. The Hall–Kier alpha value is -2.46. The Morgan fingerprint density at radius 1 is 0.850 bits per heavy atom.